The van der Waals surface area contributed by atoms with E-state index in [1.54, 1.807) is 11.3 Å². The molecule has 0 aliphatic carbocycles. The van der Waals surface area contributed by atoms with Gasteiger partial charge in [0.25, 0.3) is 0 Å². The summed E-state index contributed by atoms with van der Waals surface area (Å²) < 4.78 is 23.0. The van der Waals surface area contributed by atoms with Gasteiger partial charge in [0.05, 0.1) is 27.7 Å². The third-order valence-electron chi connectivity index (χ3n) is 3.26. The van der Waals surface area contributed by atoms with Crippen LogP contribution in [0.25, 0.3) is 10.6 Å². The summed E-state index contributed by atoms with van der Waals surface area (Å²) in [5, 5.41) is 6.11. The normalized spacial score (nSPS) is 24.7. The number of rotatable bonds is 4. The fourth-order valence-electron chi connectivity index (χ4n) is 2.22. The van der Waals surface area contributed by atoms with Gasteiger partial charge in [0.2, 0.25) is 0 Å². The Hall–Kier alpha value is -0.980. The summed E-state index contributed by atoms with van der Waals surface area (Å²) in [6, 6.07) is 5.83. The largest absolute Gasteiger partial charge is 0.377 e. The molecule has 6 heteroatoms. The van der Waals surface area contributed by atoms with Gasteiger partial charge >= 0.3 is 0 Å². The van der Waals surface area contributed by atoms with Gasteiger partial charge in [-0.05, 0) is 24.8 Å². The van der Waals surface area contributed by atoms with Crippen LogP contribution in [0.2, 0.25) is 0 Å². The van der Waals surface area contributed by atoms with Crippen molar-refractivity contribution in [1.82, 2.24) is 5.16 Å². The summed E-state index contributed by atoms with van der Waals surface area (Å²) >= 11 is 1.60. The van der Waals surface area contributed by atoms with E-state index in [4.69, 9.17) is 9.26 Å². The van der Waals surface area contributed by atoms with Gasteiger partial charge < -0.3 is 9.26 Å². The van der Waals surface area contributed by atoms with E-state index in [1.807, 2.05) is 30.5 Å². The molecule has 0 spiro atoms. The van der Waals surface area contributed by atoms with Gasteiger partial charge in [-0.1, -0.05) is 11.2 Å². The van der Waals surface area contributed by atoms with Crippen LogP contribution in [0.5, 0.6) is 0 Å². The van der Waals surface area contributed by atoms with Crippen LogP contribution < -0.4 is 0 Å². The van der Waals surface area contributed by atoms with Crippen LogP contribution in [0.4, 0.5) is 0 Å². The standard InChI is InChI=1S/C13H15NO3S2/c1-9-13(4-5-16-9)19(15)8-10-7-11(17-14-10)12-3-2-6-18-12/h2-3,6-7,9,13H,4-5,8H2,1H3/t9-,13+,19-/m1/s1. The molecule has 2 aromatic heterocycles. The van der Waals surface area contributed by atoms with E-state index in [1.165, 1.54) is 0 Å². The lowest BCUT2D eigenvalue weighted by molar-refractivity contribution is 0.127. The summed E-state index contributed by atoms with van der Waals surface area (Å²) in [7, 11) is -0.954. The topological polar surface area (TPSA) is 52.3 Å². The van der Waals surface area contributed by atoms with Crippen molar-refractivity contribution in [2.24, 2.45) is 0 Å². The van der Waals surface area contributed by atoms with Crippen LogP contribution in [0.15, 0.2) is 28.1 Å². The SMILES string of the molecule is C[C@H]1OCC[C@@H]1[S@](=O)Cc1cc(-c2cccs2)on1. The van der Waals surface area contributed by atoms with Crippen LogP contribution in [0, 0.1) is 0 Å². The monoisotopic (exact) mass is 297 g/mol. The van der Waals surface area contributed by atoms with E-state index in [2.05, 4.69) is 5.16 Å². The Labute approximate surface area is 118 Å². The van der Waals surface area contributed by atoms with Gasteiger partial charge in [0.1, 0.15) is 0 Å². The highest BCUT2D eigenvalue weighted by Gasteiger charge is 2.30. The average Bonchev–Trinajstić information content (AvgIpc) is 3.07. The Bertz CT molecular complexity index is 564. The molecule has 19 heavy (non-hydrogen) atoms. The van der Waals surface area contributed by atoms with E-state index in [0.717, 1.165) is 22.8 Å². The zero-order valence-electron chi connectivity index (χ0n) is 10.6. The summed E-state index contributed by atoms with van der Waals surface area (Å²) in [6.07, 6.45) is 0.938. The zero-order chi connectivity index (χ0) is 13.2. The van der Waals surface area contributed by atoms with Crippen LogP contribution in [-0.4, -0.2) is 27.3 Å². The minimum atomic E-state index is -0.954. The number of ether oxygens (including phenoxy) is 1. The lowest BCUT2D eigenvalue weighted by Crippen LogP contribution is -2.24. The number of thiophene rings is 1. The molecule has 0 radical (unpaired) electrons. The molecule has 0 aromatic carbocycles. The second-order valence-corrected chi connectivity index (χ2v) is 7.19. The second kappa shape index (κ2) is 5.56. The highest BCUT2D eigenvalue weighted by atomic mass is 32.2. The molecule has 1 aliphatic rings. The molecular formula is C13H15NO3S2. The Morgan fingerprint density at radius 3 is 3.16 bits per heavy atom. The predicted molar refractivity (Wildman–Crippen MR) is 75.5 cm³/mol. The Morgan fingerprint density at radius 1 is 1.58 bits per heavy atom. The van der Waals surface area contributed by atoms with Crippen LogP contribution in [0.3, 0.4) is 0 Å². The van der Waals surface area contributed by atoms with E-state index >= 15 is 0 Å². The minimum Gasteiger partial charge on any atom is -0.377 e. The quantitative estimate of drug-likeness (QED) is 0.871. The molecular weight excluding hydrogens is 282 g/mol. The zero-order valence-corrected chi connectivity index (χ0v) is 12.2. The molecule has 2 aromatic rings. The predicted octanol–water partition coefficient (Wildman–Crippen LogP) is 2.83. The van der Waals surface area contributed by atoms with E-state index in [-0.39, 0.29) is 11.4 Å². The number of hydrogen-bond donors (Lipinski definition) is 0. The summed E-state index contributed by atoms with van der Waals surface area (Å²) in [6.45, 7) is 2.69. The number of aromatic nitrogens is 1. The lowest BCUT2D eigenvalue weighted by Gasteiger charge is -2.12. The molecule has 1 fully saturated rings. The molecule has 0 amide bonds. The van der Waals surface area contributed by atoms with Gasteiger partial charge in [-0.15, -0.1) is 11.3 Å². The first-order valence-electron chi connectivity index (χ1n) is 6.22. The van der Waals surface area contributed by atoms with Gasteiger partial charge in [0.15, 0.2) is 5.76 Å². The molecule has 0 bridgehead atoms. The van der Waals surface area contributed by atoms with Crippen molar-refractivity contribution in [1.29, 1.82) is 0 Å². The maximum atomic E-state index is 12.3. The van der Waals surface area contributed by atoms with Crippen molar-refractivity contribution in [3.8, 4) is 10.6 Å². The highest BCUT2D eigenvalue weighted by molar-refractivity contribution is 7.84. The number of nitrogens with zero attached hydrogens (tertiary/aromatic N) is 1. The third kappa shape index (κ3) is 2.80. The number of hydrogen-bond acceptors (Lipinski definition) is 5. The minimum absolute atomic E-state index is 0.0736. The van der Waals surface area contributed by atoms with Gasteiger partial charge in [-0.25, -0.2) is 0 Å². The second-order valence-electron chi connectivity index (χ2n) is 4.59. The van der Waals surface area contributed by atoms with Crippen molar-refractivity contribution in [2.75, 3.05) is 6.61 Å². The van der Waals surface area contributed by atoms with Crippen molar-refractivity contribution in [3.05, 3.63) is 29.3 Å². The molecule has 1 aliphatic heterocycles. The van der Waals surface area contributed by atoms with Crippen molar-refractivity contribution in [3.63, 3.8) is 0 Å². The van der Waals surface area contributed by atoms with E-state index in [0.29, 0.717) is 12.4 Å². The fourth-order valence-corrected chi connectivity index (χ4v) is 4.40. The lowest BCUT2D eigenvalue weighted by atomic mass is 10.3. The van der Waals surface area contributed by atoms with Gasteiger partial charge in [-0.2, -0.15) is 0 Å². The van der Waals surface area contributed by atoms with Crippen molar-refractivity contribution in [2.45, 2.75) is 30.5 Å². The van der Waals surface area contributed by atoms with Crippen LogP contribution >= 0.6 is 11.3 Å². The van der Waals surface area contributed by atoms with E-state index in [9.17, 15) is 4.21 Å². The first-order valence-corrected chi connectivity index (χ1v) is 8.48. The molecule has 0 N–H and O–H groups in total. The van der Waals surface area contributed by atoms with Gasteiger partial charge in [-0.3, -0.25) is 4.21 Å². The maximum absolute atomic E-state index is 12.3. The van der Waals surface area contributed by atoms with Crippen LogP contribution in [0.1, 0.15) is 19.0 Å². The Kier molecular flexibility index (Phi) is 3.81. The molecule has 3 rings (SSSR count). The summed E-state index contributed by atoms with van der Waals surface area (Å²) in [5.74, 6) is 1.19. The van der Waals surface area contributed by atoms with E-state index < -0.39 is 10.8 Å². The third-order valence-corrected chi connectivity index (χ3v) is 6.02. The van der Waals surface area contributed by atoms with Crippen molar-refractivity contribution >= 4 is 22.1 Å². The Morgan fingerprint density at radius 2 is 2.47 bits per heavy atom. The highest BCUT2D eigenvalue weighted by Crippen LogP contribution is 2.26. The Balaban J connectivity index is 1.69. The molecule has 3 heterocycles. The smallest absolute Gasteiger partial charge is 0.177 e. The molecule has 4 nitrogen and oxygen atoms in total. The average molecular weight is 297 g/mol. The summed E-state index contributed by atoms with van der Waals surface area (Å²) in [5.41, 5.74) is 0.751. The molecule has 0 saturated carbocycles. The first kappa shape index (κ1) is 13.0. The molecule has 1 saturated heterocycles. The molecule has 3 atom stereocenters. The van der Waals surface area contributed by atoms with Gasteiger partial charge in [0, 0.05) is 23.5 Å². The fraction of sp³-hybridized carbons (Fsp3) is 0.462. The summed E-state index contributed by atoms with van der Waals surface area (Å²) in [4.78, 5) is 1.04. The molecule has 102 valence electrons. The molecule has 0 unspecified atom stereocenters. The van der Waals surface area contributed by atoms with Crippen LogP contribution in [-0.2, 0) is 21.3 Å². The first-order chi connectivity index (χ1) is 9.24. The maximum Gasteiger partial charge on any atom is 0.177 e. The van der Waals surface area contributed by atoms with Crippen molar-refractivity contribution < 1.29 is 13.5 Å².